The molecule has 0 fully saturated rings. The number of para-hydroxylation sites is 1. The van der Waals surface area contributed by atoms with Gasteiger partial charge in [0.2, 0.25) is 0 Å². The number of hydrogen-bond acceptors (Lipinski definition) is 2. The van der Waals surface area contributed by atoms with E-state index in [1.807, 2.05) is 18.2 Å². The Hall–Kier alpha value is -1.41. The van der Waals surface area contributed by atoms with Crippen LogP contribution in [0.2, 0.25) is 0 Å². The molecule has 0 spiro atoms. The summed E-state index contributed by atoms with van der Waals surface area (Å²) in [5.74, 6) is 0. The molecule has 1 aromatic heterocycles. The molecule has 2 aromatic rings. The van der Waals surface area contributed by atoms with Gasteiger partial charge in [-0.05, 0) is 25.5 Å². The number of hydrogen-bond donors (Lipinski definition) is 1. The van der Waals surface area contributed by atoms with Crippen molar-refractivity contribution in [1.82, 2.24) is 4.98 Å². The Morgan fingerprint density at radius 3 is 2.69 bits per heavy atom. The van der Waals surface area contributed by atoms with Gasteiger partial charge in [0.25, 0.3) is 0 Å². The minimum atomic E-state index is -0.157. The molecule has 2 rings (SSSR count). The molecule has 84 valence electrons. The number of nitrogens with zero attached hydrogens (tertiary/aromatic N) is 1. The van der Waals surface area contributed by atoms with Crippen LogP contribution >= 0.6 is 0 Å². The molecule has 0 amide bonds. The zero-order valence-electron chi connectivity index (χ0n) is 9.90. The maximum absolute atomic E-state index is 6.15. The van der Waals surface area contributed by atoms with E-state index < -0.39 is 0 Å². The van der Waals surface area contributed by atoms with Crippen LogP contribution in [0.25, 0.3) is 10.9 Å². The van der Waals surface area contributed by atoms with Crippen LogP contribution in [-0.4, -0.2) is 10.5 Å². The first-order valence-corrected chi connectivity index (χ1v) is 5.74. The number of rotatable bonds is 3. The summed E-state index contributed by atoms with van der Waals surface area (Å²) >= 11 is 0. The number of fused-ring (bicyclic) bond motifs is 1. The van der Waals surface area contributed by atoms with E-state index >= 15 is 0 Å². The van der Waals surface area contributed by atoms with Gasteiger partial charge < -0.3 is 5.73 Å². The smallest absolute Gasteiger partial charge is 0.0705 e. The molecule has 1 atom stereocenters. The van der Waals surface area contributed by atoms with Gasteiger partial charge in [0.05, 0.1) is 5.52 Å². The van der Waals surface area contributed by atoms with Gasteiger partial charge >= 0.3 is 0 Å². The highest BCUT2D eigenvalue weighted by Gasteiger charge is 2.16. The predicted molar refractivity (Wildman–Crippen MR) is 68.3 cm³/mol. The highest BCUT2D eigenvalue weighted by molar-refractivity contribution is 5.78. The molecule has 0 saturated carbocycles. The highest BCUT2D eigenvalue weighted by Crippen LogP contribution is 2.16. The third-order valence-corrected chi connectivity index (χ3v) is 3.05. The van der Waals surface area contributed by atoms with E-state index in [4.69, 9.17) is 5.73 Å². The fourth-order valence-electron chi connectivity index (χ4n) is 1.75. The summed E-state index contributed by atoms with van der Waals surface area (Å²) in [5.41, 5.74) is 8.12. The molecule has 1 heterocycles. The largest absolute Gasteiger partial charge is 0.325 e. The first-order chi connectivity index (χ1) is 7.61. The van der Waals surface area contributed by atoms with Gasteiger partial charge in [-0.15, -0.1) is 0 Å². The van der Waals surface area contributed by atoms with Crippen molar-refractivity contribution in [3.63, 3.8) is 0 Å². The minimum absolute atomic E-state index is 0.157. The van der Waals surface area contributed by atoms with E-state index in [2.05, 4.69) is 37.0 Å². The van der Waals surface area contributed by atoms with Crippen LogP contribution in [0.1, 0.15) is 26.0 Å². The summed E-state index contributed by atoms with van der Waals surface area (Å²) in [6, 6.07) is 12.3. The summed E-state index contributed by atoms with van der Waals surface area (Å²) in [6.07, 6.45) is 1.79. The molecule has 2 nitrogen and oxygen atoms in total. The van der Waals surface area contributed by atoms with Gasteiger partial charge in [0.15, 0.2) is 0 Å². The average molecular weight is 214 g/mol. The lowest BCUT2D eigenvalue weighted by Crippen LogP contribution is -2.37. The fourth-order valence-corrected chi connectivity index (χ4v) is 1.75. The maximum Gasteiger partial charge on any atom is 0.0705 e. The Morgan fingerprint density at radius 1 is 1.19 bits per heavy atom. The number of nitrogens with two attached hydrogens (primary N) is 1. The predicted octanol–water partition coefficient (Wildman–Crippen LogP) is 2.90. The van der Waals surface area contributed by atoms with Crippen molar-refractivity contribution >= 4 is 10.9 Å². The van der Waals surface area contributed by atoms with Crippen molar-refractivity contribution in [3.8, 4) is 0 Å². The molecule has 0 aliphatic heterocycles. The molecular formula is C14H18N2. The van der Waals surface area contributed by atoms with E-state index in [-0.39, 0.29) is 5.54 Å². The number of aromatic nitrogens is 1. The second kappa shape index (κ2) is 4.22. The first kappa shape index (κ1) is 11.1. The highest BCUT2D eigenvalue weighted by atomic mass is 14.8. The first-order valence-electron chi connectivity index (χ1n) is 5.74. The zero-order valence-corrected chi connectivity index (χ0v) is 9.90. The van der Waals surface area contributed by atoms with E-state index in [9.17, 15) is 0 Å². The van der Waals surface area contributed by atoms with Crippen LogP contribution < -0.4 is 5.73 Å². The topological polar surface area (TPSA) is 38.9 Å². The van der Waals surface area contributed by atoms with Gasteiger partial charge in [0.1, 0.15) is 0 Å². The second-order valence-electron chi connectivity index (χ2n) is 4.68. The Morgan fingerprint density at radius 2 is 1.94 bits per heavy atom. The standard InChI is InChI=1S/C14H18N2/c1-3-14(2,15)10-12-9-8-11-6-4-5-7-13(11)16-12/h4-9H,3,10,15H2,1-2H3. The van der Waals surface area contributed by atoms with Crippen LogP contribution in [0.3, 0.4) is 0 Å². The molecular weight excluding hydrogens is 196 g/mol. The Bertz CT molecular complexity index is 489. The molecule has 2 N–H and O–H groups in total. The molecule has 16 heavy (non-hydrogen) atoms. The molecule has 0 bridgehead atoms. The summed E-state index contributed by atoms with van der Waals surface area (Å²) in [7, 11) is 0. The second-order valence-corrected chi connectivity index (χ2v) is 4.68. The maximum atomic E-state index is 6.15. The molecule has 2 heteroatoms. The molecule has 1 aromatic carbocycles. The summed E-state index contributed by atoms with van der Waals surface area (Å²) < 4.78 is 0. The monoisotopic (exact) mass is 214 g/mol. The Balaban J connectivity index is 2.33. The summed E-state index contributed by atoms with van der Waals surface area (Å²) in [4.78, 5) is 4.63. The molecule has 0 aliphatic carbocycles. The molecule has 0 aliphatic rings. The van der Waals surface area contributed by atoms with Crippen LogP contribution in [0.5, 0.6) is 0 Å². The van der Waals surface area contributed by atoms with Crippen LogP contribution in [0.15, 0.2) is 36.4 Å². The lowest BCUT2D eigenvalue weighted by atomic mass is 9.94. The Kier molecular flexibility index (Phi) is 2.92. The van der Waals surface area contributed by atoms with Crippen LogP contribution in [-0.2, 0) is 6.42 Å². The average Bonchev–Trinajstić information content (AvgIpc) is 2.28. The third-order valence-electron chi connectivity index (χ3n) is 3.05. The van der Waals surface area contributed by atoms with E-state index in [0.717, 1.165) is 24.1 Å². The van der Waals surface area contributed by atoms with Gasteiger partial charge in [-0.1, -0.05) is 31.2 Å². The Labute approximate surface area is 96.5 Å². The lowest BCUT2D eigenvalue weighted by Gasteiger charge is -2.22. The van der Waals surface area contributed by atoms with E-state index in [1.165, 1.54) is 5.39 Å². The van der Waals surface area contributed by atoms with Crippen molar-refractivity contribution in [3.05, 3.63) is 42.1 Å². The van der Waals surface area contributed by atoms with Crippen LogP contribution in [0, 0.1) is 0 Å². The van der Waals surface area contributed by atoms with Crippen molar-refractivity contribution in [1.29, 1.82) is 0 Å². The fraction of sp³-hybridized carbons (Fsp3) is 0.357. The summed E-state index contributed by atoms with van der Waals surface area (Å²) in [6.45, 7) is 4.19. The SMILES string of the molecule is CCC(C)(N)Cc1ccc2ccccc2n1. The molecule has 0 saturated heterocycles. The summed E-state index contributed by atoms with van der Waals surface area (Å²) in [5, 5.41) is 1.18. The van der Waals surface area contributed by atoms with Crippen molar-refractivity contribution < 1.29 is 0 Å². The lowest BCUT2D eigenvalue weighted by molar-refractivity contribution is 0.446. The number of pyridine rings is 1. The van der Waals surface area contributed by atoms with Gasteiger partial charge in [0, 0.05) is 23.0 Å². The van der Waals surface area contributed by atoms with Crippen molar-refractivity contribution in [2.24, 2.45) is 5.73 Å². The third kappa shape index (κ3) is 2.39. The van der Waals surface area contributed by atoms with Crippen molar-refractivity contribution in [2.45, 2.75) is 32.2 Å². The zero-order chi connectivity index (χ0) is 11.6. The van der Waals surface area contributed by atoms with E-state index in [1.54, 1.807) is 0 Å². The normalized spacial score (nSPS) is 14.9. The van der Waals surface area contributed by atoms with Gasteiger partial charge in [-0.2, -0.15) is 0 Å². The molecule has 0 radical (unpaired) electrons. The molecule has 1 unspecified atom stereocenters. The van der Waals surface area contributed by atoms with E-state index in [0.29, 0.717) is 0 Å². The van der Waals surface area contributed by atoms with Gasteiger partial charge in [-0.3, -0.25) is 4.98 Å². The number of benzene rings is 1. The quantitative estimate of drug-likeness (QED) is 0.853. The minimum Gasteiger partial charge on any atom is -0.325 e. The van der Waals surface area contributed by atoms with Crippen molar-refractivity contribution in [2.75, 3.05) is 0 Å². The van der Waals surface area contributed by atoms with Crippen LogP contribution in [0.4, 0.5) is 0 Å². The van der Waals surface area contributed by atoms with Gasteiger partial charge in [-0.25, -0.2) is 0 Å².